The number of halogens is 4. The summed E-state index contributed by atoms with van der Waals surface area (Å²) >= 11 is 18.9. The molecule has 2 rings (SSSR count). The molecular weight excluding hydrogens is 334 g/mol. The maximum atomic E-state index is 13.3. The summed E-state index contributed by atoms with van der Waals surface area (Å²) < 4.78 is 18.7. The van der Waals surface area contributed by atoms with Gasteiger partial charge in [-0.2, -0.15) is 0 Å². The van der Waals surface area contributed by atoms with Gasteiger partial charge in [-0.1, -0.05) is 35.3 Å². The molecule has 0 aliphatic heterocycles. The van der Waals surface area contributed by atoms with Gasteiger partial charge in [0.15, 0.2) is 0 Å². The molecule has 0 aromatic heterocycles. The lowest BCUT2D eigenvalue weighted by atomic mass is 10.0. The van der Waals surface area contributed by atoms with Crippen LogP contribution in [0.1, 0.15) is 29.0 Å². The first kappa shape index (κ1) is 16.4. The lowest BCUT2D eigenvalue weighted by molar-refractivity contribution is 0.340. The fourth-order valence-corrected chi connectivity index (χ4v) is 2.87. The molecule has 0 spiro atoms. The van der Waals surface area contributed by atoms with Crippen LogP contribution < -0.4 is 4.74 Å². The van der Waals surface area contributed by atoms with Crippen molar-refractivity contribution < 1.29 is 9.13 Å². The van der Waals surface area contributed by atoms with Gasteiger partial charge in [0.1, 0.15) is 11.6 Å². The number of hydrogen-bond donors (Lipinski definition) is 0. The summed E-state index contributed by atoms with van der Waals surface area (Å²) in [5.74, 6) is 0.255. The largest absolute Gasteiger partial charge is 0.492 e. The minimum Gasteiger partial charge on any atom is -0.492 e. The average Bonchev–Trinajstić information content (AvgIpc) is 2.45. The van der Waals surface area contributed by atoms with E-state index in [0.717, 1.165) is 5.56 Å². The van der Waals surface area contributed by atoms with Crippen LogP contribution in [-0.2, 0) is 0 Å². The predicted molar refractivity (Wildman–Crippen MR) is 86.5 cm³/mol. The molecule has 21 heavy (non-hydrogen) atoms. The molecule has 1 nitrogen and oxygen atoms in total. The fraction of sp³-hybridized carbons (Fsp3) is 0.250. The van der Waals surface area contributed by atoms with Crippen LogP contribution in [0.15, 0.2) is 30.3 Å². The zero-order chi connectivity index (χ0) is 15.6. The number of benzene rings is 2. The summed E-state index contributed by atoms with van der Waals surface area (Å²) in [5.41, 5.74) is 1.96. The van der Waals surface area contributed by atoms with Crippen molar-refractivity contribution in [2.24, 2.45) is 0 Å². The van der Waals surface area contributed by atoms with Crippen LogP contribution in [0.2, 0.25) is 10.0 Å². The van der Waals surface area contributed by atoms with Crippen molar-refractivity contribution in [2.75, 3.05) is 6.61 Å². The fourth-order valence-electron chi connectivity index (χ4n) is 2.01. The third kappa shape index (κ3) is 3.63. The van der Waals surface area contributed by atoms with Crippen LogP contribution in [-0.4, -0.2) is 6.61 Å². The third-order valence-electron chi connectivity index (χ3n) is 3.10. The Morgan fingerprint density at radius 3 is 2.48 bits per heavy atom. The molecule has 2 aromatic carbocycles. The SMILES string of the molecule is CCOc1cc(Cl)c(C(Cl)c2ccc(F)c(C)c2)cc1Cl. The van der Waals surface area contributed by atoms with Crippen molar-refractivity contribution in [1.82, 2.24) is 0 Å². The average molecular weight is 348 g/mol. The summed E-state index contributed by atoms with van der Waals surface area (Å²) in [5, 5.41) is 0.399. The Morgan fingerprint density at radius 2 is 1.86 bits per heavy atom. The molecule has 1 atom stereocenters. The number of alkyl halides is 1. The molecule has 5 heteroatoms. The van der Waals surface area contributed by atoms with Crippen molar-refractivity contribution in [3.8, 4) is 5.75 Å². The van der Waals surface area contributed by atoms with Gasteiger partial charge in [0, 0.05) is 11.1 Å². The third-order valence-corrected chi connectivity index (χ3v) is 4.21. The van der Waals surface area contributed by atoms with Gasteiger partial charge in [0.25, 0.3) is 0 Å². The van der Waals surface area contributed by atoms with Gasteiger partial charge in [0.05, 0.1) is 17.0 Å². The van der Waals surface area contributed by atoms with Crippen LogP contribution in [0.3, 0.4) is 0 Å². The number of hydrogen-bond acceptors (Lipinski definition) is 1. The normalized spacial score (nSPS) is 12.3. The molecule has 0 aliphatic carbocycles. The Labute approximate surface area is 138 Å². The zero-order valence-electron chi connectivity index (χ0n) is 11.6. The molecule has 0 amide bonds. The van der Waals surface area contributed by atoms with E-state index in [-0.39, 0.29) is 5.82 Å². The van der Waals surface area contributed by atoms with E-state index in [2.05, 4.69) is 0 Å². The van der Waals surface area contributed by atoms with E-state index in [1.54, 1.807) is 31.2 Å². The smallest absolute Gasteiger partial charge is 0.139 e. The second-order valence-corrected chi connectivity index (χ2v) is 5.86. The summed E-state index contributed by atoms with van der Waals surface area (Å²) in [6.07, 6.45) is 0. The number of aryl methyl sites for hydroxylation is 1. The molecule has 0 radical (unpaired) electrons. The highest BCUT2D eigenvalue weighted by Crippen LogP contribution is 2.39. The topological polar surface area (TPSA) is 9.23 Å². The van der Waals surface area contributed by atoms with Gasteiger partial charge in [-0.3, -0.25) is 0 Å². The van der Waals surface area contributed by atoms with E-state index in [4.69, 9.17) is 39.5 Å². The van der Waals surface area contributed by atoms with Crippen molar-refractivity contribution in [3.63, 3.8) is 0 Å². The minimum atomic E-state index is -0.509. The van der Waals surface area contributed by atoms with Crippen LogP contribution in [0.5, 0.6) is 5.75 Å². The number of rotatable bonds is 4. The van der Waals surface area contributed by atoms with Crippen molar-refractivity contribution >= 4 is 34.8 Å². The van der Waals surface area contributed by atoms with Crippen molar-refractivity contribution in [1.29, 1.82) is 0 Å². The summed E-state index contributed by atoms with van der Waals surface area (Å²) in [7, 11) is 0. The lowest BCUT2D eigenvalue weighted by Crippen LogP contribution is -1.98. The highest BCUT2D eigenvalue weighted by atomic mass is 35.5. The van der Waals surface area contributed by atoms with Gasteiger partial charge >= 0.3 is 0 Å². The molecule has 0 aliphatic rings. The molecule has 1 unspecified atom stereocenters. The maximum absolute atomic E-state index is 13.3. The molecule has 0 N–H and O–H groups in total. The van der Waals surface area contributed by atoms with Gasteiger partial charge in [-0.05, 0) is 42.7 Å². The standard InChI is InChI=1S/C16H14Cl3FO/c1-3-21-15-8-12(17)11(7-13(15)18)16(19)10-4-5-14(20)9(2)6-10/h4-8,16H,3H2,1-2H3. The van der Waals surface area contributed by atoms with Crippen molar-refractivity contribution in [3.05, 3.63) is 62.9 Å². The van der Waals surface area contributed by atoms with E-state index in [9.17, 15) is 4.39 Å². The summed E-state index contributed by atoms with van der Waals surface area (Å²) in [6.45, 7) is 4.05. The quantitative estimate of drug-likeness (QED) is 0.601. The second-order valence-electron chi connectivity index (χ2n) is 4.61. The summed E-state index contributed by atoms with van der Waals surface area (Å²) in [4.78, 5) is 0. The van der Waals surface area contributed by atoms with Gasteiger partial charge in [0.2, 0.25) is 0 Å². The lowest BCUT2D eigenvalue weighted by Gasteiger charge is -2.15. The van der Waals surface area contributed by atoms with Crippen LogP contribution in [0.25, 0.3) is 0 Å². The van der Waals surface area contributed by atoms with Crippen LogP contribution in [0, 0.1) is 12.7 Å². The molecule has 0 saturated heterocycles. The Bertz CT molecular complexity index is 658. The number of ether oxygens (including phenoxy) is 1. The molecule has 112 valence electrons. The maximum Gasteiger partial charge on any atom is 0.139 e. The monoisotopic (exact) mass is 346 g/mol. The second kappa shape index (κ2) is 6.87. The molecular formula is C16H14Cl3FO. The highest BCUT2D eigenvalue weighted by Gasteiger charge is 2.18. The Kier molecular flexibility index (Phi) is 5.37. The van der Waals surface area contributed by atoms with Gasteiger partial charge in [-0.15, -0.1) is 11.6 Å². The Morgan fingerprint density at radius 1 is 1.14 bits per heavy atom. The predicted octanol–water partition coefficient (Wildman–Crippen LogP) is 6.17. The van der Waals surface area contributed by atoms with Crippen molar-refractivity contribution in [2.45, 2.75) is 19.2 Å². The first-order valence-electron chi connectivity index (χ1n) is 6.46. The first-order chi connectivity index (χ1) is 9.93. The first-order valence-corrected chi connectivity index (χ1v) is 7.65. The van der Waals surface area contributed by atoms with E-state index in [0.29, 0.717) is 33.5 Å². The van der Waals surface area contributed by atoms with E-state index in [1.165, 1.54) is 6.07 Å². The van der Waals surface area contributed by atoms with E-state index >= 15 is 0 Å². The van der Waals surface area contributed by atoms with E-state index in [1.807, 2.05) is 6.92 Å². The van der Waals surface area contributed by atoms with Crippen LogP contribution in [0.4, 0.5) is 4.39 Å². The molecule has 0 heterocycles. The highest BCUT2D eigenvalue weighted by molar-refractivity contribution is 6.36. The van der Waals surface area contributed by atoms with Gasteiger partial charge < -0.3 is 4.74 Å². The van der Waals surface area contributed by atoms with Crippen LogP contribution >= 0.6 is 34.8 Å². The molecule has 2 aromatic rings. The molecule has 0 fully saturated rings. The van der Waals surface area contributed by atoms with Gasteiger partial charge in [-0.25, -0.2) is 4.39 Å². The minimum absolute atomic E-state index is 0.265. The molecule has 0 bridgehead atoms. The Balaban J connectivity index is 2.40. The summed E-state index contributed by atoms with van der Waals surface area (Å²) in [6, 6.07) is 8.07. The van der Waals surface area contributed by atoms with E-state index < -0.39 is 5.38 Å². The molecule has 0 saturated carbocycles. The zero-order valence-corrected chi connectivity index (χ0v) is 13.9. The Hall–Kier alpha value is -0.960.